The number of benzene rings is 3. The van der Waals surface area contributed by atoms with Crippen LogP contribution in [0.5, 0.6) is 5.75 Å². The van der Waals surface area contributed by atoms with Crippen molar-refractivity contribution in [1.82, 2.24) is 0 Å². The summed E-state index contributed by atoms with van der Waals surface area (Å²) in [4.78, 5) is 0. The number of hydrogen-bond donors (Lipinski definition) is 0. The summed E-state index contributed by atoms with van der Waals surface area (Å²) >= 11 is 0. The van der Waals surface area contributed by atoms with E-state index in [0.717, 1.165) is 5.75 Å². The monoisotopic (exact) mass is 304 g/mol. The van der Waals surface area contributed by atoms with E-state index in [0.29, 0.717) is 13.2 Å². The van der Waals surface area contributed by atoms with Gasteiger partial charge in [0.15, 0.2) is 0 Å². The molecular formula is C21H20O2. The van der Waals surface area contributed by atoms with Crippen molar-refractivity contribution in [3.05, 3.63) is 78.9 Å². The Labute approximate surface area is 137 Å². The Morgan fingerprint density at radius 3 is 1.57 bits per heavy atom. The highest BCUT2D eigenvalue weighted by molar-refractivity contribution is 5.70. The topological polar surface area (TPSA) is 18.5 Å². The van der Waals surface area contributed by atoms with Crippen LogP contribution < -0.4 is 4.74 Å². The molecule has 0 spiro atoms. The highest BCUT2D eigenvalue weighted by atomic mass is 16.5. The van der Waals surface area contributed by atoms with Gasteiger partial charge in [-0.3, -0.25) is 0 Å². The fraction of sp³-hybridized carbons (Fsp3) is 0.143. The summed E-state index contributed by atoms with van der Waals surface area (Å²) in [5.74, 6) is 0.867. The predicted molar refractivity (Wildman–Crippen MR) is 94.7 cm³/mol. The van der Waals surface area contributed by atoms with Gasteiger partial charge in [-0.2, -0.15) is 0 Å². The Hall–Kier alpha value is -2.58. The lowest BCUT2D eigenvalue weighted by molar-refractivity contribution is 0.146. The minimum Gasteiger partial charge on any atom is -0.491 e. The molecule has 0 radical (unpaired) electrons. The van der Waals surface area contributed by atoms with E-state index in [1.807, 2.05) is 18.2 Å². The van der Waals surface area contributed by atoms with Crippen LogP contribution in [0.1, 0.15) is 0 Å². The minimum absolute atomic E-state index is 0.571. The van der Waals surface area contributed by atoms with Gasteiger partial charge < -0.3 is 9.47 Å². The third-order valence-corrected chi connectivity index (χ3v) is 3.74. The Kier molecular flexibility index (Phi) is 5.07. The molecule has 3 aromatic rings. The van der Waals surface area contributed by atoms with Gasteiger partial charge >= 0.3 is 0 Å². The Morgan fingerprint density at radius 2 is 1.04 bits per heavy atom. The summed E-state index contributed by atoms with van der Waals surface area (Å²) in [6.45, 7) is 1.17. The standard InChI is InChI=1S/C21H20O2/c1-22-15-16-23-21-13-11-20(12-14-21)19-9-7-18(8-10-19)17-5-3-2-4-6-17/h2-14H,15-16H2,1H3. The van der Waals surface area contributed by atoms with Gasteiger partial charge in [0, 0.05) is 7.11 Å². The molecule has 0 aliphatic heterocycles. The summed E-state index contributed by atoms with van der Waals surface area (Å²) in [6, 6.07) is 27.2. The van der Waals surface area contributed by atoms with E-state index >= 15 is 0 Å². The number of methoxy groups -OCH3 is 1. The first-order chi connectivity index (χ1) is 11.4. The normalized spacial score (nSPS) is 10.5. The molecule has 0 aliphatic rings. The first kappa shape index (κ1) is 15.3. The van der Waals surface area contributed by atoms with E-state index < -0.39 is 0 Å². The SMILES string of the molecule is COCCOc1ccc(-c2ccc(-c3ccccc3)cc2)cc1. The quantitative estimate of drug-likeness (QED) is 0.594. The van der Waals surface area contributed by atoms with Crippen LogP contribution in [0.4, 0.5) is 0 Å². The first-order valence-corrected chi connectivity index (χ1v) is 7.74. The van der Waals surface area contributed by atoms with Crippen LogP contribution in [-0.2, 0) is 4.74 Å². The van der Waals surface area contributed by atoms with Crippen LogP contribution >= 0.6 is 0 Å². The lowest BCUT2D eigenvalue weighted by Crippen LogP contribution is -2.03. The van der Waals surface area contributed by atoms with Crippen LogP contribution in [0.25, 0.3) is 22.3 Å². The molecule has 0 atom stereocenters. The fourth-order valence-electron chi connectivity index (χ4n) is 2.47. The van der Waals surface area contributed by atoms with Crippen LogP contribution in [0.2, 0.25) is 0 Å². The molecule has 0 unspecified atom stereocenters. The minimum atomic E-state index is 0.571. The number of hydrogen-bond acceptors (Lipinski definition) is 2. The average Bonchev–Trinajstić information content (AvgIpc) is 2.63. The lowest BCUT2D eigenvalue weighted by Gasteiger charge is -2.08. The molecule has 116 valence electrons. The largest absolute Gasteiger partial charge is 0.491 e. The summed E-state index contributed by atoms with van der Waals surface area (Å²) in [5.41, 5.74) is 4.85. The van der Waals surface area contributed by atoms with E-state index in [1.54, 1.807) is 7.11 Å². The molecule has 0 heterocycles. The highest BCUT2D eigenvalue weighted by Gasteiger charge is 2.01. The van der Waals surface area contributed by atoms with E-state index in [9.17, 15) is 0 Å². The van der Waals surface area contributed by atoms with Gasteiger partial charge in [0.1, 0.15) is 12.4 Å². The van der Waals surface area contributed by atoms with Gasteiger partial charge in [0.25, 0.3) is 0 Å². The molecule has 3 aromatic carbocycles. The van der Waals surface area contributed by atoms with Crippen molar-refractivity contribution in [3.8, 4) is 28.0 Å². The molecule has 0 saturated heterocycles. The predicted octanol–water partition coefficient (Wildman–Crippen LogP) is 5.05. The smallest absolute Gasteiger partial charge is 0.119 e. The zero-order valence-electron chi connectivity index (χ0n) is 13.2. The zero-order chi connectivity index (χ0) is 15.9. The zero-order valence-corrected chi connectivity index (χ0v) is 13.2. The summed E-state index contributed by atoms with van der Waals surface area (Å²) in [6.07, 6.45) is 0. The van der Waals surface area contributed by atoms with E-state index in [1.165, 1.54) is 22.3 Å². The molecule has 0 aromatic heterocycles. The number of rotatable bonds is 6. The highest BCUT2D eigenvalue weighted by Crippen LogP contribution is 2.26. The van der Waals surface area contributed by atoms with Crippen LogP contribution in [0.3, 0.4) is 0 Å². The number of ether oxygens (including phenoxy) is 2. The van der Waals surface area contributed by atoms with E-state index in [2.05, 4.69) is 60.7 Å². The van der Waals surface area contributed by atoms with Gasteiger partial charge in [-0.15, -0.1) is 0 Å². The van der Waals surface area contributed by atoms with E-state index in [-0.39, 0.29) is 0 Å². The lowest BCUT2D eigenvalue weighted by atomic mass is 10.0. The van der Waals surface area contributed by atoms with Crippen molar-refractivity contribution in [2.75, 3.05) is 20.3 Å². The maximum atomic E-state index is 5.59. The van der Waals surface area contributed by atoms with Crippen LogP contribution in [-0.4, -0.2) is 20.3 Å². The van der Waals surface area contributed by atoms with Gasteiger partial charge in [0.05, 0.1) is 6.61 Å². The molecular weight excluding hydrogens is 284 g/mol. The van der Waals surface area contributed by atoms with Gasteiger partial charge in [-0.25, -0.2) is 0 Å². The summed E-state index contributed by atoms with van der Waals surface area (Å²) in [7, 11) is 1.67. The second-order valence-electron chi connectivity index (χ2n) is 5.31. The maximum absolute atomic E-state index is 5.59. The second kappa shape index (κ2) is 7.61. The second-order valence-corrected chi connectivity index (χ2v) is 5.31. The molecule has 2 nitrogen and oxygen atoms in total. The average molecular weight is 304 g/mol. The van der Waals surface area contributed by atoms with E-state index in [4.69, 9.17) is 9.47 Å². The van der Waals surface area contributed by atoms with Crippen molar-refractivity contribution in [1.29, 1.82) is 0 Å². The molecule has 0 fully saturated rings. The third-order valence-electron chi connectivity index (χ3n) is 3.74. The molecule has 0 amide bonds. The molecule has 3 rings (SSSR count). The van der Waals surface area contributed by atoms with Crippen molar-refractivity contribution in [2.45, 2.75) is 0 Å². The van der Waals surface area contributed by atoms with Gasteiger partial charge in [-0.1, -0.05) is 66.7 Å². The summed E-state index contributed by atoms with van der Waals surface area (Å²) < 4.78 is 10.6. The molecule has 23 heavy (non-hydrogen) atoms. The van der Waals surface area contributed by atoms with Gasteiger partial charge in [0.2, 0.25) is 0 Å². The fourth-order valence-corrected chi connectivity index (χ4v) is 2.47. The summed E-state index contributed by atoms with van der Waals surface area (Å²) in [5, 5.41) is 0. The Balaban J connectivity index is 1.72. The van der Waals surface area contributed by atoms with Crippen molar-refractivity contribution in [3.63, 3.8) is 0 Å². The molecule has 2 heteroatoms. The van der Waals surface area contributed by atoms with Crippen molar-refractivity contribution < 1.29 is 9.47 Å². The Morgan fingerprint density at radius 1 is 0.565 bits per heavy atom. The molecule has 0 aliphatic carbocycles. The van der Waals surface area contributed by atoms with Crippen LogP contribution in [0.15, 0.2) is 78.9 Å². The van der Waals surface area contributed by atoms with Crippen LogP contribution in [0, 0.1) is 0 Å². The maximum Gasteiger partial charge on any atom is 0.119 e. The van der Waals surface area contributed by atoms with Gasteiger partial charge in [-0.05, 0) is 34.4 Å². The molecule has 0 N–H and O–H groups in total. The first-order valence-electron chi connectivity index (χ1n) is 7.74. The van der Waals surface area contributed by atoms with Crippen molar-refractivity contribution >= 4 is 0 Å². The van der Waals surface area contributed by atoms with Crippen molar-refractivity contribution in [2.24, 2.45) is 0 Å². The molecule has 0 saturated carbocycles. The third kappa shape index (κ3) is 3.99. The molecule has 0 bridgehead atoms. The Bertz CT molecular complexity index is 716.